The maximum absolute atomic E-state index is 9.08. The van der Waals surface area contributed by atoms with Crippen LogP contribution >= 0.6 is 0 Å². The Morgan fingerprint density at radius 1 is 1.44 bits per heavy atom. The fourth-order valence-corrected chi connectivity index (χ4v) is 1.50. The van der Waals surface area contributed by atoms with Gasteiger partial charge in [0.15, 0.2) is 5.82 Å². The number of hydrogen-bond acceptors (Lipinski definition) is 5. The van der Waals surface area contributed by atoms with Crippen LogP contribution in [0, 0.1) is 25.2 Å². The number of nitrogens with two attached hydrogens (primary N) is 1. The number of hydrogen-bond donors (Lipinski definition) is 1. The number of nitriles is 1. The van der Waals surface area contributed by atoms with Crippen LogP contribution in [0.25, 0.3) is 5.82 Å². The Morgan fingerprint density at radius 3 is 2.75 bits per heavy atom. The summed E-state index contributed by atoms with van der Waals surface area (Å²) in [7, 11) is 0. The number of aromatic nitrogens is 4. The van der Waals surface area contributed by atoms with Crippen molar-refractivity contribution in [1.29, 1.82) is 5.26 Å². The van der Waals surface area contributed by atoms with Gasteiger partial charge < -0.3 is 5.73 Å². The SMILES string of the molecule is Cc1cc(C)c(C#N)c(-n2cnc(N)n2)n1. The van der Waals surface area contributed by atoms with Crippen LogP contribution in [0.15, 0.2) is 12.4 Å². The van der Waals surface area contributed by atoms with Crippen LogP contribution in [0.1, 0.15) is 16.8 Å². The van der Waals surface area contributed by atoms with E-state index in [1.165, 1.54) is 11.0 Å². The minimum Gasteiger partial charge on any atom is -0.366 e. The van der Waals surface area contributed by atoms with Crippen molar-refractivity contribution in [2.45, 2.75) is 13.8 Å². The number of nitrogen functional groups attached to an aromatic ring is 1. The van der Waals surface area contributed by atoms with E-state index < -0.39 is 0 Å². The van der Waals surface area contributed by atoms with Crippen molar-refractivity contribution in [3.05, 3.63) is 29.2 Å². The van der Waals surface area contributed by atoms with Gasteiger partial charge in [-0.25, -0.2) is 9.97 Å². The average Bonchev–Trinajstić information content (AvgIpc) is 2.63. The zero-order chi connectivity index (χ0) is 11.7. The Bertz CT molecular complexity index is 577. The van der Waals surface area contributed by atoms with Gasteiger partial charge in [0.1, 0.15) is 12.4 Å². The highest BCUT2D eigenvalue weighted by Crippen LogP contribution is 2.16. The van der Waals surface area contributed by atoms with Gasteiger partial charge in [-0.1, -0.05) is 0 Å². The van der Waals surface area contributed by atoms with Crippen molar-refractivity contribution >= 4 is 5.95 Å². The van der Waals surface area contributed by atoms with Crippen LogP contribution in [-0.2, 0) is 0 Å². The van der Waals surface area contributed by atoms with Crippen LogP contribution in [0.3, 0.4) is 0 Å². The largest absolute Gasteiger partial charge is 0.366 e. The third-order valence-electron chi connectivity index (χ3n) is 2.16. The lowest BCUT2D eigenvalue weighted by molar-refractivity contribution is 0.836. The number of nitrogens with zero attached hydrogens (tertiary/aromatic N) is 5. The smallest absolute Gasteiger partial charge is 0.239 e. The van der Waals surface area contributed by atoms with Crippen LogP contribution in [0.4, 0.5) is 5.95 Å². The molecule has 2 heterocycles. The maximum Gasteiger partial charge on any atom is 0.239 e. The molecule has 0 bridgehead atoms. The third-order valence-corrected chi connectivity index (χ3v) is 2.16. The minimum absolute atomic E-state index is 0.157. The van der Waals surface area contributed by atoms with E-state index in [0.717, 1.165) is 11.3 Å². The van der Waals surface area contributed by atoms with Gasteiger partial charge in [0, 0.05) is 5.69 Å². The molecule has 0 aliphatic carbocycles. The first-order chi connectivity index (χ1) is 7.61. The Morgan fingerprint density at radius 2 is 2.19 bits per heavy atom. The van der Waals surface area contributed by atoms with E-state index in [-0.39, 0.29) is 5.95 Å². The first-order valence-electron chi connectivity index (χ1n) is 4.67. The summed E-state index contributed by atoms with van der Waals surface area (Å²) in [5.41, 5.74) is 7.59. The molecule has 6 heteroatoms. The van der Waals surface area contributed by atoms with Gasteiger partial charge in [0.2, 0.25) is 5.95 Å². The zero-order valence-corrected chi connectivity index (χ0v) is 8.97. The van der Waals surface area contributed by atoms with Gasteiger partial charge >= 0.3 is 0 Å². The van der Waals surface area contributed by atoms with Crippen molar-refractivity contribution in [1.82, 2.24) is 19.7 Å². The number of pyridine rings is 1. The molecule has 2 aromatic rings. The first kappa shape index (κ1) is 10.1. The first-order valence-corrected chi connectivity index (χ1v) is 4.67. The van der Waals surface area contributed by atoms with E-state index in [4.69, 9.17) is 11.0 Å². The lowest BCUT2D eigenvalue weighted by atomic mass is 10.1. The molecule has 0 unspecified atom stereocenters. The Kier molecular flexibility index (Phi) is 2.29. The molecule has 16 heavy (non-hydrogen) atoms. The van der Waals surface area contributed by atoms with E-state index in [2.05, 4.69) is 21.1 Å². The molecular formula is C10H10N6. The number of anilines is 1. The van der Waals surface area contributed by atoms with Crippen molar-refractivity contribution in [2.24, 2.45) is 0 Å². The predicted molar refractivity (Wildman–Crippen MR) is 57.8 cm³/mol. The van der Waals surface area contributed by atoms with E-state index in [9.17, 15) is 0 Å². The van der Waals surface area contributed by atoms with Crippen LogP contribution < -0.4 is 5.73 Å². The van der Waals surface area contributed by atoms with Gasteiger partial charge in [0.25, 0.3) is 0 Å². The lowest BCUT2D eigenvalue weighted by Crippen LogP contribution is -2.05. The van der Waals surface area contributed by atoms with Gasteiger partial charge in [-0.2, -0.15) is 9.94 Å². The van der Waals surface area contributed by atoms with Gasteiger partial charge in [0.05, 0.1) is 5.56 Å². The van der Waals surface area contributed by atoms with Gasteiger partial charge in [-0.3, -0.25) is 0 Å². The normalized spacial score (nSPS) is 10.1. The van der Waals surface area contributed by atoms with Crippen LogP contribution in [-0.4, -0.2) is 19.7 Å². The highest BCUT2D eigenvalue weighted by atomic mass is 15.4. The highest BCUT2D eigenvalue weighted by Gasteiger charge is 2.11. The molecule has 6 nitrogen and oxygen atoms in total. The Balaban J connectivity index is 2.69. The Labute approximate surface area is 92.4 Å². The van der Waals surface area contributed by atoms with E-state index in [1.807, 2.05) is 19.9 Å². The molecule has 0 spiro atoms. The molecule has 0 fully saturated rings. The summed E-state index contributed by atoms with van der Waals surface area (Å²) in [4.78, 5) is 8.08. The van der Waals surface area contributed by atoms with Crippen LogP contribution in [0.5, 0.6) is 0 Å². The lowest BCUT2D eigenvalue weighted by Gasteiger charge is -2.06. The van der Waals surface area contributed by atoms with E-state index >= 15 is 0 Å². The molecule has 0 aromatic carbocycles. The van der Waals surface area contributed by atoms with Crippen molar-refractivity contribution < 1.29 is 0 Å². The topological polar surface area (TPSA) is 93.4 Å². The molecule has 2 N–H and O–H groups in total. The number of rotatable bonds is 1. The summed E-state index contributed by atoms with van der Waals surface area (Å²) < 4.78 is 1.41. The van der Waals surface area contributed by atoms with Crippen molar-refractivity contribution in [2.75, 3.05) is 5.73 Å². The summed E-state index contributed by atoms with van der Waals surface area (Å²) in [6.07, 6.45) is 1.44. The molecule has 0 saturated heterocycles. The van der Waals surface area contributed by atoms with E-state index in [1.54, 1.807) is 0 Å². The predicted octanol–water partition coefficient (Wildman–Crippen LogP) is 0.733. The summed E-state index contributed by atoms with van der Waals surface area (Å²) >= 11 is 0. The standard InChI is InChI=1S/C10H10N6/c1-6-3-7(2)14-9(8(6)4-11)16-5-13-10(12)15-16/h3,5H,1-2H3,(H2,12,15). The Hall–Kier alpha value is -2.42. The molecule has 0 atom stereocenters. The summed E-state index contributed by atoms with van der Waals surface area (Å²) in [6, 6.07) is 3.96. The monoisotopic (exact) mass is 214 g/mol. The second-order valence-electron chi connectivity index (χ2n) is 3.44. The van der Waals surface area contributed by atoms with Crippen molar-refractivity contribution in [3.8, 4) is 11.9 Å². The molecule has 2 rings (SSSR count). The van der Waals surface area contributed by atoms with Crippen LogP contribution in [0.2, 0.25) is 0 Å². The highest BCUT2D eigenvalue weighted by molar-refractivity contribution is 5.49. The minimum atomic E-state index is 0.157. The zero-order valence-electron chi connectivity index (χ0n) is 8.97. The van der Waals surface area contributed by atoms with Crippen molar-refractivity contribution in [3.63, 3.8) is 0 Å². The quantitative estimate of drug-likeness (QED) is 0.755. The molecule has 0 radical (unpaired) electrons. The average molecular weight is 214 g/mol. The number of aryl methyl sites for hydroxylation is 2. The molecule has 0 saturated carbocycles. The fourth-order valence-electron chi connectivity index (χ4n) is 1.50. The second-order valence-corrected chi connectivity index (χ2v) is 3.44. The second kappa shape index (κ2) is 3.62. The fraction of sp³-hybridized carbons (Fsp3) is 0.200. The summed E-state index contributed by atoms with van der Waals surface area (Å²) in [6.45, 7) is 3.72. The maximum atomic E-state index is 9.08. The molecule has 0 aliphatic rings. The van der Waals surface area contributed by atoms with E-state index in [0.29, 0.717) is 11.4 Å². The molecule has 80 valence electrons. The molecular weight excluding hydrogens is 204 g/mol. The third kappa shape index (κ3) is 1.59. The molecule has 0 amide bonds. The summed E-state index contributed by atoms with van der Waals surface area (Å²) in [5, 5.41) is 13.0. The van der Waals surface area contributed by atoms with Gasteiger partial charge in [-0.15, -0.1) is 5.10 Å². The molecule has 2 aromatic heterocycles. The molecule has 0 aliphatic heterocycles. The van der Waals surface area contributed by atoms with Gasteiger partial charge in [-0.05, 0) is 25.5 Å². The summed E-state index contributed by atoms with van der Waals surface area (Å²) in [5.74, 6) is 0.619.